The molecule has 0 spiro atoms. The summed E-state index contributed by atoms with van der Waals surface area (Å²) in [6.07, 6.45) is 0. The number of halogens is 1. The first-order valence-electron chi connectivity index (χ1n) is 8.06. The number of carbonyl (C=O) groups is 1. The number of nitrogens with zero attached hydrogens (tertiary/aromatic N) is 2. The Bertz CT molecular complexity index is 900. The van der Waals surface area contributed by atoms with Crippen molar-refractivity contribution in [3.8, 4) is 10.8 Å². The number of rotatable bonds is 5. The number of carbonyl (C=O) groups excluding carboxylic acids is 1. The molecule has 0 aliphatic carbocycles. The highest BCUT2D eigenvalue weighted by Crippen LogP contribution is 2.30. The first-order valence-corrected chi connectivity index (χ1v) is 8.87. The molecule has 4 nitrogen and oxygen atoms in total. The first-order chi connectivity index (χ1) is 12.0. The van der Waals surface area contributed by atoms with Gasteiger partial charge in [-0.3, -0.25) is 4.79 Å². The van der Waals surface area contributed by atoms with Gasteiger partial charge in [-0.1, -0.05) is 12.1 Å². The number of hydrogen-bond acceptors (Lipinski definition) is 4. The van der Waals surface area contributed by atoms with Crippen LogP contribution in [-0.4, -0.2) is 22.3 Å². The normalized spacial score (nSPS) is 10.9. The minimum Gasteiger partial charge on any atom is -0.459 e. The Morgan fingerprint density at radius 2 is 2.08 bits per heavy atom. The van der Waals surface area contributed by atoms with E-state index in [0.717, 1.165) is 11.3 Å². The zero-order chi connectivity index (χ0) is 18.0. The van der Waals surface area contributed by atoms with Crippen molar-refractivity contribution in [3.05, 3.63) is 64.1 Å². The van der Waals surface area contributed by atoms with Crippen molar-refractivity contribution < 1.29 is 13.6 Å². The Kier molecular flexibility index (Phi) is 4.99. The van der Waals surface area contributed by atoms with E-state index in [1.54, 1.807) is 11.0 Å². The van der Waals surface area contributed by atoms with Gasteiger partial charge in [0.15, 0.2) is 10.8 Å². The SMILES string of the molecule is CCN(Cc1cccc(F)c1)C(=O)c1sc(-c2ccc(C)o2)nc1C. The molecule has 0 radical (unpaired) electrons. The van der Waals surface area contributed by atoms with Gasteiger partial charge in [-0.15, -0.1) is 11.3 Å². The molecular formula is C19H19FN2O2S. The van der Waals surface area contributed by atoms with Crippen LogP contribution in [0.4, 0.5) is 4.39 Å². The van der Waals surface area contributed by atoms with E-state index in [4.69, 9.17) is 4.42 Å². The zero-order valence-electron chi connectivity index (χ0n) is 14.4. The van der Waals surface area contributed by atoms with Gasteiger partial charge in [0.1, 0.15) is 16.5 Å². The molecule has 0 fully saturated rings. The third kappa shape index (κ3) is 3.79. The molecule has 0 saturated carbocycles. The fourth-order valence-corrected chi connectivity index (χ4v) is 3.57. The Hall–Kier alpha value is -2.47. The van der Waals surface area contributed by atoms with Gasteiger partial charge in [0.25, 0.3) is 5.91 Å². The van der Waals surface area contributed by atoms with Gasteiger partial charge in [0, 0.05) is 13.1 Å². The second-order valence-corrected chi connectivity index (χ2v) is 6.79. The number of amides is 1. The van der Waals surface area contributed by atoms with E-state index in [1.807, 2.05) is 39.0 Å². The molecule has 1 amide bonds. The number of furan rings is 1. The van der Waals surface area contributed by atoms with Crippen LogP contribution in [-0.2, 0) is 6.54 Å². The average Bonchev–Trinajstić information content (AvgIpc) is 3.18. The predicted octanol–water partition coefficient (Wildman–Crippen LogP) is 4.82. The van der Waals surface area contributed by atoms with Gasteiger partial charge in [-0.25, -0.2) is 9.37 Å². The van der Waals surface area contributed by atoms with E-state index >= 15 is 0 Å². The van der Waals surface area contributed by atoms with Crippen LogP contribution in [0.1, 0.15) is 33.6 Å². The molecule has 6 heteroatoms. The quantitative estimate of drug-likeness (QED) is 0.657. The van der Waals surface area contributed by atoms with Gasteiger partial charge in [0.2, 0.25) is 0 Å². The number of hydrogen-bond donors (Lipinski definition) is 0. The second-order valence-electron chi connectivity index (χ2n) is 5.79. The Balaban J connectivity index is 1.84. The molecule has 3 aromatic rings. The largest absolute Gasteiger partial charge is 0.459 e. The van der Waals surface area contributed by atoms with E-state index in [0.29, 0.717) is 34.4 Å². The highest BCUT2D eigenvalue weighted by atomic mass is 32.1. The van der Waals surface area contributed by atoms with Crippen molar-refractivity contribution in [3.63, 3.8) is 0 Å². The molecule has 0 aliphatic heterocycles. The van der Waals surface area contributed by atoms with Gasteiger partial charge >= 0.3 is 0 Å². The van der Waals surface area contributed by atoms with Crippen LogP contribution >= 0.6 is 11.3 Å². The zero-order valence-corrected chi connectivity index (χ0v) is 15.2. The molecule has 25 heavy (non-hydrogen) atoms. The van der Waals surface area contributed by atoms with E-state index in [1.165, 1.54) is 23.5 Å². The summed E-state index contributed by atoms with van der Waals surface area (Å²) in [5.74, 6) is 1.07. The summed E-state index contributed by atoms with van der Waals surface area (Å²) < 4.78 is 19.0. The van der Waals surface area contributed by atoms with Crippen LogP contribution in [0.2, 0.25) is 0 Å². The molecule has 0 aliphatic rings. The average molecular weight is 358 g/mol. The standard InChI is InChI=1S/C19H19FN2O2S/c1-4-22(11-14-6-5-7-15(20)10-14)19(23)17-13(3)21-18(25-17)16-9-8-12(2)24-16/h5-10H,4,11H2,1-3H3. The first kappa shape index (κ1) is 17.4. The Morgan fingerprint density at radius 1 is 1.28 bits per heavy atom. The minimum absolute atomic E-state index is 0.101. The van der Waals surface area contributed by atoms with Crippen LogP contribution in [0.25, 0.3) is 10.8 Å². The lowest BCUT2D eigenvalue weighted by atomic mass is 10.2. The number of aryl methyl sites for hydroxylation is 2. The van der Waals surface area contributed by atoms with Crippen molar-refractivity contribution >= 4 is 17.2 Å². The predicted molar refractivity (Wildman–Crippen MR) is 96.1 cm³/mol. The maximum Gasteiger partial charge on any atom is 0.266 e. The number of aromatic nitrogens is 1. The molecule has 0 unspecified atom stereocenters. The summed E-state index contributed by atoms with van der Waals surface area (Å²) in [5.41, 5.74) is 1.44. The van der Waals surface area contributed by atoms with Crippen molar-refractivity contribution in [2.24, 2.45) is 0 Å². The summed E-state index contributed by atoms with van der Waals surface area (Å²) in [6, 6.07) is 10.0. The van der Waals surface area contributed by atoms with Crippen LogP contribution in [0.15, 0.2) is 40.8 Å². The Labute approximate surface area is 149 Å². The number of benzene rings is 1. The fraction of sp³-hybridized carbons (Fsp3) is 0.263. The minimum atomic E-state index is -0.301. The molecule has 130 valence electrons. The van der Waals surface area contributed by atoms with Gasteiger partial charge in [-0.05, 0) is 50.6 Å². The van der Waals surface area contributed by atoms with Crippen molar-refractivity contribution in [2.45, 2.75) is 27.3 Å². The lowest BCUT2D eigenvalue weighted by molar-refractivity contribution is 0.0756. The summed E-state index contributed by atoms with van der Waals surface area (Å²) in [4.78, 5) is 19.7. The second kappa shape index (κ2) is 7.19. The summed E-state index contributed by atoms with van der Waals surface area (Å²) in [6.45, 7) is 6.48. The monoisotopic (exact) mass is 358 g/mol. The van der Waals surface area contributed by atoms with Crippen molar-refractivity contribution in [2.75, 3.05) is 6.54 Å². The van der Waals surface area contributed by atoms with Crippen LogP contribution < -0.4 is 0 Å². The molecule has 0 bridgehead atoms. The Morgan fingerprint density at radius 3 is 2.72 bits per heavy atom. The molecule has 0 saturated heterocycles. The van der Waals surface area contributed by atoms with Gasteiger partial charge in [0.05, 0.1) is 5.69 Å². The molecule has 1 aromatic carbocycles. The summed E-state index contributed by atoms with van der Waals surface area (Å²) in [5, 5.41) is 0.691. The summed E-state index contributed by atoms with van der Waals surface area (Å²) in [7, 11) is 0. The van der Waals surface area contributed by atoms with Crippen LogP contribution in [0, 0.1) is 19.7 Å². The fourth-order valence-electron chi connectivity index (χ4n) is 2.58. The molecule has 0 N–H and O–H groups in total. The molecule has 0 atom stereocenters. The topological polar surface area (TPSA) is 46.3 Å². The van der Waals surface area contributed by atoms with E-state index in [-0.39, 0.29) is 11.7 Å². The number of thiazole rings is 1. The molecule has 2 aromatic heterocycles. The maximum absolute atomic E-state index is 13.4. The third-order valence-electron chi connectivity index (χ3n) is 3.87. The molecule has 3 rings (SSSR count). The highest BCUT2D eigenvalue weighted by Gasteiger charge is 2.22. The molecular weight excluding hydrogens is 339 g/mol. The van der Waals surface area contributed by atoms with Gasteiger partial charge in [-0.2, -0.15) is 0 Å². The lowest BCUT2D eigenvalue weighted by Crippen LogP contribution is -2.30. The molecule has 2 heterocycles. The summed E-state index contributed by atoms with van der Waals surface area (Å²) >= 11 is 1.32. The lowest BCUT2D eigenvalue weighted by Gasteiger charge is -2.20. The van der Waals surface area contributed by atoms with Crippen LogP contribution in [0.5, 0.6) is 0 Å². The van der Waals surface area contributed by atoms with E-state index < -0.39 is 0 Å². The smallest absolute Gasteiger partial charge is 0.266 e. The highest BCUT2D eigenvalue weighted by molar-refractivity contribution is 7.17. The van der Waals surface area contributed by atoms with E-state index in [9.17, 15) is 9.18 Å². The van der Waals surface area contributed by atoms with E-state index in [2.05, 4.69) is 4.98 Å². The van der Waals surface area contributed by atoms with Crippen molar-refractivity contribution in [1.29, 1.82) is 0 Å². The maximum atomic E-state index is 13.4. The third-order valence-corrected chi connectivity index (χ3v) is 5.03. The van der Waals surface area contributed by atoms with Crippen molar-refractivity contribution in [1.82, 2.24) is 9.88 Å². The van der Waals surface area contributed by atoms with Crippen LogP contribution in [0.3, 0.4) is 0 Å². The van der Waals surface area contributed by atoms with Gasteiger partial charge < -0.3 is 9.32 Å².